The van der Waals surface area contributed by atoms with Crippen LogP contribution in [0.1, 0.15) is 5.56 Å². The third-order valence-electron chi connectivity index (χ3n) is 4.03. The molecule has 3 rings (SSSR count). The number of aromatic nitrogens is 3. The van der Waals surface area contributed by atoms with Gasteiger partial charge in [0.25, 0.3) is 0 Å². The summed E-state index contributed by atoms with van der Waals surface area (Å²) in [6.45, 7) is 0. The highest BCUT2D eigenvalue weighted by molar-refractivity contribution is 7.91. The molecule has 13 heteroatoms. The number of hydrogen-bond donors (Lipinski definition) is 1. The van der Waals surface area contributed by atoms with Gasteiger partial charge in [-0.3, -0.25) is 4.57 Å². The Bertz CT molecular complexity index is 1190. The number of nitrogens with zero attached hydrogens (tertiary/aromatic N) is 3. The van der Waals surface area contributed by atoms with Crippen LogP contribution in [-0.4, -0.2) is 47.3 Å². The number of ether oxygens (including phenoxy) is 1. The summed E-state index contributed by atoms with van der Waals surface area (Å²) in [4.78, 5) is 8.05. The maximum atomic E-state index is 12.7. The molecule has 0 radical (unpaired) electrons. The van der Waals surface area contributed by atoms with Crippen molar-refractivity contribution >= 4 is 43.7 Å². The van der Waals surface area contributed by atoms with Crippen LogP contribution in [-0.2, 0) is 27.6 Å². The zero-order valence-electron chi connectivity index (χ0n) is 15.1. The number of alkyl halides is 2. The summed E-state index contributed by atoms with van der Waals surface area (Å²) >= 11 is 4.58. The van der Waals surface area contributed by atoms with Crippen LogP contribution in [0, 0.1) is 0 Å². The normalized spacial score (nSPS) is 13.2. The van der Waals surface area contributed by atoms with Crippen molar-refractivity contribution in [2.75, 3.05) is 13.4 Å². The van der Waals surface area contributed by atoms with Gasteiger partial charge in [0.15, 0.2) is 4.90 Å². The molecule has 1 atom stereocenters. The van der Waals surface area contributed by atoms with E-state index in [2.05, 4.69) is 9.97 Å². The molecule has 8 nitrogen and oxygen atoms in total. The molecule has 0 spiro atoms. The second-order valence-corrected chi connectivity index (χ2v) is 9.19. The summed E-state index contributed by atoms with van der Waals surface area (Å²) in [6.07, 6.45) is 0.445. The Balaban J connectivity index is 2.36. The van der Waals surface area contributed by atoms with E-state index >= 15 is 0 Å². The van der Waals surface area contributed by atoms with Crippen LogP contribution in [0.4, 0.5) is 8.78 Å². The number of benzene rings is 1. The first-order valence-corrected chi connectivity index (χ1v) is 11.4. The van der Waals surface area contributed by atoms with Gasteiger partial charge in [0.1, 0.15) is 16.7 Å². The summed E-state index contributed by atoms with van der Waals surface area (Å²) < 4.78 is 68.2. The lowest BCUT2D eigenvalue weighted by atomic mass is 10.2. The van der Waals surface area contributed by atoms with Gasteiger partial charge in [0, 0.05) is 29.8 Å². The third kappa shape index (κ3) is 4.16. The van der Waals surface area contributed by atoms with E-state index in [4.69, 9.17) is 21.5 Å². The van der Waals surface area contributed by atoms with Crippen molar-refractivity contribution in [1.82, 2.24) is 14.5 Å². The van der Waals surface area contributed by atoms with E-state index in [-0.39, 0.29) is 43.1 Å². The molecule has 2 aromatic heterocycles. The largest absolute Gasteiger partial charge is 0.612 e. The van der Waals surface area contributed by atoms with Crippen molar-refractivity contribution in [2.45, 2.75) is 22.6 Å². The van der Waals surface area contributed by atoms with Crippen LogP contribution in [0.25, 0.3) is 16.9 Å². The Morgan fingerprint density at radius 1 is 1.41 bits per heavy atom. The highest BCUT2D eigenvalue weighted by Crippen LogP contribution is 2.36. The number of methoxy groups -OCH3 is 1. The standard InChI is InChI=1S/C16H15ClF2N4O4S2/c1-27-15-8(5-12(18)19)6-21-16(22-15)23-7-11(29(20,25)26)9-3-4-10(17)14(13(9)23)28(2)24/h3-4,6-7,12H,5H2,1-2H3,(H2,20,25,26). The Morgan fingerprint density at radius 2 is 2.10 bits per heavy atom. The predicted molar refractivity (Wildman–Crippen MR) is 104 cm³/mol. The van der Waals surface area contributed by atoms with Gasteiger partial charge in [0.2, 0.25) is 28.3 Å². The van der Waals surface area contributed by atoms with Crippen LogP contribution < -0.4 is 9.88 Å². The van der Waals surface area contributed by atoms with E-state index in [1.165, 1.54) is 30.1 Å². The number of halogens is 3. The van der Waals surface area contributed by atoms with Crippen LogP contribution in [0.15, 0.2) is 34.3 Å². The van der Waals surface area contributed by atoms with Gasteiger partial charge >= 0.3 is 0 Å². The van der Waals surface area contributed by atoms with Crippen molar-refractivity contribution in [3.05, 3.63) is 35.1 Å². The molecule has 2 heterocycles. The fourth-order valence-corrected chi connectivity index (χ4v) is 4.90. The summed E-state index contributed by atoms with van der Waals surface area (Å²) in [7, 11) is -2.90. The topological polar surface area (TPSA) is 123 Å². The molecule has 1 aromatic carbocycles. The molecule has 0 saturated carbocycles. The van der Waals surface area contributed by atoms with Gasteiger partial charge in [-0.2, -0.15) is 4.98 Å². The number of hydrogen-bond acceptors (Lipinski definition) is 6. The third-order valence-corrected chi connectivity index (χ3v) is 6.38. The first kappa shape index (κ1) is 21.7. The molecular formula is C16H15ClF2N4O4S2. The maximum absolute atomic E-state index is 12.7. The summed E-state index contributed by atoms with van der Waals surface area (Å²) in [5.41, 5.74) is 0.248. The van der Waals surface area contributed by atoms with E-state index in [1.807, 2.05) is 0 Å². The monoisotopic (exact) mass is 464 g/mol. The molecule has 0 amide bonds. The zero-order valence-corrected chi connectivity index (χ0v) is 17.5. The second-order valence-electron chi connectivity index (χ2n) is 5.93. The van der Waals surface area contributed by atoms with Gasteiger partial charge in [-0.25, -0.2) is 27.3 Å². The van der Waals surface area contributed by atoms with Gasteiger partial charge in [-0.1, -0.05) is 11.6 Å². The van der Waals surface area contributed by atoms with Crippen LogP contribution in [0.5, 0.6) is 5.88 Å². The molecule has 0 aliphatic carbocycles. The first-order valence-electron chi connectivity index (χ1n) is 7.92. The first-order chi connectivity index (χ1) is 13.5. The van der Waals surface area contributed by atoms with E-state index in [1.54, 1.807) is 0 Å². The summed E-state index contributed by atoms with van der Waals surface area (Å²) in [5, 5.41) is 5.62. The average Bonchev–Trinajstić information content (AvgIpc) is 3.01. The molecule has 0 saturated heterocycles. The predicted octanol–water partition coefficient (Wildman–Crippen LogP) is 2.27. The minimum absolute atomic E-state index is 0.0757. The fourth-order valence-electron chi connectivity index (χ4n) is 2.88. The Morgan fingerprint density at radius 3 is 2.66 bits per heavy atom. The molecular weight excluding hydrogens is 450 g/mol. The Hall–Kier alpha value is -1.99. The van der Waals surface area contributed by atoms with Crippen molar-refractivity contribution < 1.29 is 26.5 Å². The minimum atomic E-state index is -4.16. The molecule has 0 bridgehead atoms. The molecule has 156 valence electrons. The van der Waals surface area contributed by atoms with E-state index in [0.29, 0.717) is 0 Å². The van der Waals surface area contributed by atoms with E-state index < -0.39 is 34.0 Å². The fraction of sp³-hybridized carbons (Fsp3) is 0.250. The van der Waals surface area contributed by atoms with E-state index in [0.717, 1.165) is 12.4 Å². The average molecular weight is 465 g/mol. The van der Waals surface area contributed by atoms with Gasteiger partial charge in [-0.15, -0.1) is 0 Å². The molecule has 0 aliphatic heterocycles. The molecule has 0 aliphatic rings. The number of sulfonamides is 1. The smallest absolute Gasteiger partial charge is 0.242 e. The highest BCUT2D eigenvalue weighted by Gasteiger charge is 2.27. The SMILES string of the molecule is COc1nc(-n2cc(S(N)(=O)=O)c3ccc(Cl)c([S+](C)[O-])c32)ncc1CC(F)F. The maximum Gasteiger partial charge on any atom is 0.242 e. The van der Waals surface area contributed by atoms with E-state index in [9.17, 15) is 21.8 Å². The Labute approximate surface area is 172 Å². The summed E-state index contributed by atoms with van der Waals surface area (Å²) in [5.74, 6) is -0.191. The van der Waals surface area contributed by atoms with Gasteiger partial charge in [-0.05, 0) is 23.3 Å². The highest BCUT2D eigenvalue weighted by atomic mass is 35.5. The van der Waals surface area contributed by atoms with Crippen molar-refractivity contribution in [2.24, 2.45) is 5.14 Å². The van der Waals surface area contributed by atoms with Gasteiger partial charge < -0.3 is 9.29 Å². The number of fused-ring (bicyclic) bond motifs is 1. The second kappa shape index (κ2) is 8.03. The van der Waals surface area contributed by atoms with Gasteiger partial charge in [0.05, 0.1) is 12.1 Å². The van der Waals surface area contributed by atoms with Crippen LogP contribution in [0.3, 0.4) is 0 Å². The molecule has 0 fully saturated rings. The number of rotatable bonds is 6. The zero-order chi connectivity index (χ0) is 21.5. The van der Waals surface area contributed by atoms with Crippen molar-refractivity contribution in [3.8, 4) is 11.8 Å². The Kier molecular flexibility index (Phi) is 6.01. The molecule has 29 heavy (non-hydrogen) atoms. The molecule has 1 unspecified atom stereocenters. The summed E-state index contributed by atoms with van der Waals surface area (Å²) in [6, 6.07) is 2.83. The van der Waals surface area contributed by atoms with Crippen LogP contribution in [0.2, 0.25) is 5.02 Å². The minimum Gasteiger partial charge on any atom is -0.612 e. The van der Waals surface area contributed by atoms with Crippen molar-refractivity contribution in [3.63, 3.8) is 0 Å². The number of nitrogens with two attached hydrogens (primary N) is 1. The van der Waals surface area contributed by atoms with Crippen LogP contribution >= 0.6 is 11.6 Å². The molecule has 2 N–H and O–H groups in total. The van der Waals surface area contributed by atoms with Crippen molar-refractivity contribution in [1.29, 1.82) is 0 Å². The lowest BCUT2D eigenvalue weighted by molar-refractivity contribution is 0.147. The quantitative estimate of drug-likeness (QED) is 0.558. The lowest BCUT2D eigenvalue weighted by Gasteiger charge is -2.12. The molecule has 3 aromatic rings. The number of primary sulfonamides is 1. The lowest BCUT2D eigenvalue weighted by Crippen LogP contribution is -2.11.